The van der Waals surface area contributed by atoms with Crippen molar-refractivity contribution in [3.8, 4) is 0 Å². The molecule has 0 aromatic heterocycles. The lowest BCUT2D eigenvalue weighted by Crippen LogP contribution is -2.44. The van der Waals surface area contributed by atoms with Gasteiger partial charge in [-0.2, -0.15) is 0 Å². The number of unbranched alkanes of at least 4 members (excludes halogenated alkanes) is 2. The van der Waals surface area contributed by atoms with Gasteiger partial charge in [-0.05, 0) is 72.2 Å². The summed E-state index contributed by atoms with van der Waals surface area (Å²) in [6, 6.07) is 29.9. The van der Waals surface area contributed by atoms with Gasteiger partial charge in [0.15, 0.2) is 0 Å². The highest BCUT2D eigenvalue weighted by Gasteiger charge is 2.25. The fraction of sp³-hybridized carbons (Fsp3) is 0.368. The van der Waals surface area contributed by atoms with Crippen LogP contribution in [-0.4, -0.2) is 28.9 Å². The van der Waals surface area contributed by atoms with Crippen molar-refractivity contribution in [1.82, 2.24) is 9.80 Å². The van der Waals surface area contributed by atoms with Crippen molar-refractivity contribution in [3.05, 3.63) is 138 Å². The largest absolute Gasteiger partial charge is 0.299 e. The summed E-state index contributed by atoms with van der Waals surface area (Å²) >= 11 is 0. The summed E-state index contributed by atoms with van der Waals surface area (Å²) in [4.78, 5) is 5.33. The smallest absolute Gasteiger partial charge is 0.0240 e. The zero-order chi connectivity index (χ0) is 27.3. The van der Waals surface area contributed by atoms with Crippen molar-refractivity contribution < 1.29 is 0 Å². The van der Waals surface area contributed by atoms with Gasteiger partial charge in [-0.3, -0.25) is 9.80 Å². The first-order chi connectivity index (χ1) is 19.2. The molecule has 0 unspecified atom stereocenters. The minimum absolute atomic E-state index is 0. The first kappa shape index (κ1) is 31.3. The maximum absolute atomic E-state index is 3.97. The van der Waals surface area contributed by atoms with Crippen LogP contribution in [0.4, 0.5) is 0 Å². The zero-order valence-corrected chi connectivity index (χ0v) is 23.9. The van der Waals surface area contributed by atoms with E-state index < -0.39 is 0 Å². The molecule has 0 spiro atoms. The molecular weight excluding hydrogens is 484 g/mol. The topological polar surface area (TPSA) is 6.48 Å². The fourth-order valence-corrected chi connectivity index (χ4v) is 5.67. The van der Waals surface area contributed by atoms with E-state index in [9.17, 15) is 0 Å². The number of nitrogens with zero attached hydrogens (tertiary/aromatic N) is 2. The van der Waals surface area contributed by atoms with E-state index in [1.165, 1.54) is 66.3 Å². The third kappa shape index (κ3) is 9.47. The molecule has 3 aromatic rings. The van der Waals surface area contributed by atoms with Crippen LogP contribution in [0.2, 0.25) is 0 Å². The van der Waals surface area contributed by atoms with E-state index >= 15 is 0 Å². The Morgan fingerprint density at radius 2 is 1.40 bits per heavy atom. The number of likely N-dealkylation sites (tertiary alicyclic amines) is 1. The first-order valence-electron chi connectivity index (χ1n) is 14.8. The third-order valence-electron chi connectivity index (χ3n) is 7.99. The predicted octanol–water partition coefficient (Wildman–Crippen LogP) is 9.48. The van der Waals surface area contributed by atoms with Gasteiger partial charge in [-0.1, -0.05) is 137 Å². The minimum atomic E-state index is 0. The molecule has 2 nitrogen and oxygen atoms in total. The van der Waals surface area contributed by atoms with Crippen molar-refractivity contribution in [1.29, 1.82) is 0 Å². The van der Waals surface area contributed by atoms with Crippen LogP contribution >= 0.6 is 0 Å². The van der Waals surface area contributed by atoms with E-state index in [0.29, 0.717) is 6.04 Å². The van der Waals surface area contributed by atoms with Crippen LogP contribution < -0.4 is 0 Å². The van der Waals surface area contributed by atoms with Crippen molar-refractivity contribution >= 4 is 5.57 Å². The van der Waals surface area contributed by atoms with Gasteiger partial charge in [0, 0.05) is 25.7 Å². The lowest BCUT2D eigenvalue weighted by atomic mass is 9.99. The molecule has 212 valence electrons. The van der Waals surface area contributed by atoms with Gasteiger partial charge >= 0.3 is 0 Å². The normalized spacial score (nSPS) is 14.6. The summed E-state index contributed by atoms with van der Waals surface area (Å²) in [6.07, 6.45) is 13.2. The van der Waals surface area contributed by atoms with Gasteiger partial charge in [0.2, 0.25) is 0 Å². The summed E-state index contributed by atoms with van der Waals surface area (Å²) in [7, 11) is 0. The third-order valence-corrected chi connectivity index (χ3v) is 7.99. The van der Waals surface area contributed by atoms with Crippen LogP contribution in [0, 0.1) is 0 Å². The second kappa shape index (κ2) is 16.8. The van der Waals surface area contributed by atoms with E-state index in [4.69, 9.17) is 0 Å². The van der Waals surface area contributed by atoms with E-state index in [2.05, 4.69) is 109 Å². The second-order valence-corrected chi connectivity index (χ2v) is 10.9. The lowest BCUT2D eigenvalue weighted by molar-refractivity contribution is 0.0933. The Labute approximate surface area is 244 Å². The number of rotatable bonds is 14. The Bertz CT molecular complexity index is 1170. The summed E-state index contributed by atoms with van der Waals surface area (Å²) in [5.41, 5.74) is 7.96. The SMILES string of the molecule is C.C=C/C=C(\C=C)c1ccc(CN(Cc2ccc(CCCCC)cc2)C2CCN(Cc3ccccc3)CC2)cc1. The predicted molar refractivity (Wildman–Crippen MR) is 175 cm³/mol. The maximum atomic E-state index is 3.97. The molecule has 0 atom stereocenters. The zero-order valence-electron chi connectivity index (χ0n) is 23.9. The number of benzene rings is 3. The molecule has 0 amide bonds. The van der Waals surface area contributed by atoms with Crippen LogP contribution in [0.1, 0.15) is 74.3 Å². The van der Waals surface area contributed by atoms with Crippen molar-refractivity contribution in [2.45, 2.75) is 78.6 Å². The molecule has 3 aromatic carbocycles. The standard InChI is InChI=1S/C37H46N2.CH4/c1-4-7-9-13-31-16-18-33(19-17-31)29-39(30-34-20-22-36(23-21-34)35(6-3)12-5-2)37-24-26-38(27-25-37)28-32-14-10-8-11-15-32;/h5-6,8,10-12,14-23,37H,2-4,7,9,13,24-30H2,1H3;1H4/b35-12+;. The maximum Gasteiger partial charge on any atom is 0.0240 e. The minimum Gasteiger partial charge on any atom is -0.299 e. The fourth-order valence-electron chi connectivity index (χ4n) is 5.67. The number of piperidine rings is 1. The lowest BCUT2D eigenvalue weighted by Gasteiger charge is -2.39. The molecule has 0 radical (unpaired) electrons. The summed E-state index contributed by atoms with van der Waals surface area (Å²) < 4.78 is 0. The molecule has 1 fully saturated rings. The Balaban J connectivity index is 0.00000441. The number of aryl methyl sites for hydroxylation is 1. The quantitative estimate of drug-likeness (QED) is 0.150. The molecule has 1 heterocycles. The molecule has 1 aliphatic rings. The van der Waals surface area contributed by atoms with Gasteiger partial charge in [0.25, 0.3) is 0 Å². The monoisotopic (exact) mass is 534 g/mol. The molecule has 0 N–H and O–H groups in total. The van der Waals surface area contributed by atoms with Gasteiger partial charge in [0.05, 0.1) is 0 Å². The Hall–Kier alpha value is -3.20. The highest BCUT2D eigenvalue weighted by atomic mass is 15.2. The molecule has 0 saturated carbocycles. The molecule has 40 heavy (non-hydrogen) atoms. The van der Waals surface area contributed by atoms with Gasteiger partial charge in [0.1, 0.15) is 0 Å². The van der Waals surface area contributed by atoms with E-state index in [-0.39, 0.29) is 7.43 Å². The average Bonchev–Trinajstić information content (AvgIpc) is 2.98. The molecule has 2 heteroatoms. The Morgan fingerprint density at radius 1 is 0.800 bits per heavy atom. The van der Waals surface area contributed by atoms with E-state index in [1.54, 1.807) is 0 Å². The highest BCUT2D eigenvalue weighted by Crippen LogP contribution is 2.24. The molecular formula is C38H50N2. The second-order valence-electron chi connectivity index (χ2n) is 10.9. The molecule has 4 rings (SSSR count). The van der Waals surface area contributed by atoms with E-state index in [0.717, 1.165) is 38.3 Å². The number of hydrogen-bond acceptors (Lipinski definition) is 2. The van der Waals surface area contributed by atoms with Gasteiger partial charge in [-0.25, -0.2) is 0 Å². The Kier molecular flexibility index (Phi) is 13.2. The van der Waals surface area contributed by atoms with Crippen LogP contribution in [0.15, 0.2) is 110 Å². The van der Waals surface area contributed by atoms with Crippen molar-refractivity contribution in [3.63, 3.8) is 0 Å². The van der Waals surface area contributed by atoms with Gasteiger partial charge < -0.3 is 0 Å². The molecule has 1 saturated heterocycles. The average molecular weight is 535 g/mol. The number of hydrogen-bond donors (Lipinski definition) is 0. The molecule has 0 aliphatic carbocycles. The highest BCUT2D eigenvalue weighted by molar-refractivity contribution is 5.74. The number of allylic oxidation sites excluding steroid dienone is 4. The van der Waals surface area contributed by atoms with Crippen molar-refractivity contribution in [2.24, 2.45) is 0 Å². The van der Waals surface area contributed by atoms with E-state index in [1.807, 2.05) is 18.2 Å². The van der Waals surface area contributed by atoms with Crippen LogP contribution in [0.25, 0.3) is 5.57 Å². The van der Waals surface area contributed by atoms with Gasteiger partial charge in [-0.15, -0.1) is 0 Å². The first-order valence-corrected chi connectivity index (χ1v) is 14.8. The van der Waals surface area contributed by atoms with Crippen LogP contribution in [-0.2, 0) is 26.1 Å². The van der Waals surface area contributed by atoms with Crippen molar-refractivity contribution in [2.75, 3.05) is 13.1 Å². The van der Waals surface area contributed by atoms with Crippen LogP contribution in [0.3, 0.4) is 0 Å². The van der Waals surface area contributed by atoms with Crippen LogP contribution in [0.5, 0.6) is 0 Å². The summed E-state index contributed by atoms with van der Waals surface area (Å²) in [6.45, 7) is 15.4. The Morgan fingerprint density at radius 3 is 1.98 bits per heavy atom. The summed E-state index contributed by atoms with van der Waals surface area (Å²) in [5.74, 6) is 0. The summed E-state index contributed by atoms with van der Waals surface area (Å²) in [5, 5.41) is 0. The molecule has 1 aliphatic heterocycles. The molecule has 0 bridgehead atoms.